The van der Waals surface area contributed by atoms with Crippen LogP contribution in [0.1, 0.15) is 37.1 Å². The van der Waals surface area contributed by atoms with Crippen molar-refractivity contribution in [3.63, 3.8) is 0 Å². The Labute approximate surface area is 177 Å². The molecule has 2 atom stereocenters. The summed E-state index contributed by atoms with van der Waals surface area (Å²) in [7, 11) is 3.31. The van der Waals surface area contributed by atoms with Gasteiger partial charge in [-0.1, -0.05) is 49.2 Å². The predicted molar refractivity (Wildman–Crippen MR) is 116 cm³/mol. The molecule has 0 radical (unpaired) electrons. The highest BCUT2D eigenvalue weighted by molar-refractivity contribution is 6.32. The molecule has 0 N–H and O–H groups in total. The second-order valence-corrected chi connectivity index (χ2v) is 7.74. The van der Waals surface area contributed by atoms with Crippen molar-refractivity contribution in [2.45, 2.75) is 25.9 Å². The zero-order valence-corrected chi connectivity index (χ0v) is 18.4. The zero-order valence-electron chi connectivity index (χ0n) is 16.9. The molecule has 0 bridgehead atoms. The zero-order chi connectivity index (χ0) is 20.3. The second-order valence-electron chi connectivity index (χ2n) is 6.92. The van der Waals surface area contributed by atoms with Crippen LogP contribution in [-0.4, -0.2) is 50.2 Å². The SMILES string of the molecule is CCN1CCN(CC)[C@@H](c2ccc(OC)cc2Cl)[C@H]1c1ccc(OC)cc1Cl. The van der Waals surface area contributed by atoms with Crippen LogP contribution in [-0.2, 0) is 0 Å². The van der Waals surface area contributed by atoms with E-state index in [2.05, 4.69) is 35.8 Å². The van der Waals surface area contributed by atoms with E-state index in [1.807, 2.05) is 24.3 Å². The first-order chi connectivity index (χ1) is 13.5. The van der Waals surface area contributed by atoms with Gasteiger partial charge in [0.05, 0.1) is 26.3 Å². The molecule has 0 aliphatic carbocycles. The van der Waals surface area contributed by atoms with Crippen LogP contribution >= 0.6 is 23.2 Å². The lowest BCUT2D eigenvalue weighted by Gasteiger charge is -2.48. The number of ether oxygens (including phenoxy) is 2. The van der Waals surface area contributed by atoms with E-state index >= 15 is 0 Å². The van der Waals surface area contributed by atoms with Gasteiger partial charge in [0.15, 0.2) is 0 Å². The average molecular weight is 423 g/mol. The van der Waals surface area contributed by atoms with Crippen molar-refractivity contribution in [3.8, 4) is 11.5 Å². The normalized spacial score (nSPS) is 20.9. The maximum absolute atomic E-state index is 6.72. The number of likely N-dealkylation sites (N-methyl/N-ethyl adjacent to an activating group) is 2. The van der Waals surface area contributed by atoms with Crippen molar-refractivity contribution < 1.29 is 9.47 Å². The number of benzene rings is 2. The number of piperazine rings is 1. The molecular weight excluding hydrogens is 395 g/mol. The minimum atomic E-state index is 0.100. The van der Waals surface area contributed by atoms with E-state index in [1.165, 1.54) is 0 Å². The van der Waals surface area contributed by atoms with E-state index in [1.54, 1.807) is 14.2 Å². The van der Waals surface area contributed by atoms with Gasteiger partial charge in [-0.25, -0.2) is 0 Å². The molecule has 1 heterocycles. The first-order valence-electron chi connectivity index (χ1n) is 9.68. The molecule has 3 rings (SSSR count). The Morgan fingerprint density at radius 2 is 1.18 bits per heavy atom. The van der Waals surface area contributed by atoms with Crippen LogP contribution in [0.15, 0.2) is 36.4 Å². The van der Waals surface area contributed by atoms with E-state index in [-0.39, 0.29) is 12.1 Å². The van der Waals surface area contributed by atoms with Crippen LogP contribution in [0.5, 0.6) is 11.5 Å². The summed E-state index contributed by atoms with van der Waals surface area (Å²) in [6.07, 6.45) is 0. The highest BCUT2D eigenvalue weighted by Crippen LogP contribution is 2.46. The molecule has 2 aromatic rings. The molecule has 0 saturated carbocycles. The minimum Gasteiger partial charge on any atom is -0.497 e. The maximum Gasteiger partial charge on any atom is 0.120 e. The van der Waals surface area contributed by atoms with Gasteiger partial charge in [0, 0.05) is 23.1 Å². The molecule has 1 aliphatic heterocycles. The Balaban J connectivity index is 2.13. The van der Waals surface area contributed by atoms with Crippen molar-refractivity contribution >= 4 is 23.2 Å². The summed E-state index contributed by atoms with van der Waals surface area (Å²) >= 11 is 13.4. The largest absolute Gasteiger partial charge is 0.497 e. The number of nitrogens with zero attached hydrogens (tertiary/aromatic N) is 2. The van der Waals surface area contributed by atoms with Gasteiger partial charge in [0.1, 0.15) is 11.5 Å². The van der Waals surface area contributed by atoms with E-state index in [0.717, 1.165) is 58.9 Å². The molecular formula is C22H28Cl2N2O2. The number of rotatable bonds is 6. The number of hydrogen-bond donors (Lipinski definition) is 0. The van der Waals surface area contributed by atoms with Crippen LogP contribution in [0.2, 0.25) is 10.0 Å². The Bertz CT molecular complexity index is 748. The van der Waals surface area contributed by atoms with Gasteiger partial charge in [-0.05, 0) is 48.5 Å². The summed E-state index contributed by atoms with van der Waals surface area (Å²) in [5.41, 5.74) is 2.19. The molecule has 4 nitrogen and oxygen atoms in total. The van der Waals surface area contributed by atoms with Gasteiger partial charge in [0.2, 0.25) is 0 Å². The van der Waals surface area contributed by atoms with Gasteiger partial charge >= 0.3 is 0 Å². The van der Waals surface area contributed by atoms with Crippen molar-refractivity contribution in [1.29, 1.82) is 0 Å². The lowest BCUT2D eigenvalue weighted by atomic mass is 9.88. The van der Waals surface area contributed by atoms with Gasteiger partial charge in [-0.2, -0.15) is 0 Å². The lowest BCUT2D eigenvalue weighted by molar-refractivity contribution is 0.0228. The van der Waals surface area contributed by atoms with Gasteiger partial charge < -0.3 is 9.47 Å². The minimum absolute atomic E-state index is 0.100. The first kappa shape index (κ1) is 21.3. The molecule has 6 heteroatoms. The van der Waals surface area contributed by atoms with Gasteiger partial charge in [0.25, 0.3) is 0 Å². The van der Waals surface area contributed by atoms with Gasteiger partial charge in [-0.3, -0.25) is 9.80 Å². The van der Waals surface area contributed by atoms with Gasteiger partial charge in [-0.15, -0.1) is 0 Å². The lowest BCUT2D eigenvalue weighted by Crippen LogP contribution is -2.50. The Morgan fingerprint density at radius 1 is 0.786 bits per heavy atom. The van der Waals surface area contributed by atoms with E-state index in [9.17, 15) is 0 Å². The maximum atomic E-state index is 6.72. The third-order valence-corrected chi connectivity index (χ3v) is 6.28. The smallest absolute Gasteiger partial charge is 0.120 e. The third kappa shape index (κ3) is 4.11. The van der Waals surface area contributed by atoms with Crippen LogP contribution in [0.4, 0.5) is 0 Å². The van der Waals surface area contributed by atoms with Crippen molar-refractivity contribution in [2.24, 2.45) is 0 Å². The van der Waals surface area contributed by atoms with Crippen molar-refractivity contribution in [2.75, 3.05) is 40.4 Å². The Morgan fingerprint density at radius 3 is 1.46 bits per heavy atom. The summed E-state index contributed by atoms with van der Waals surface area (Å²) < 4.78 is 10.7. The molecule has 1 fully saturated rings. The quantitative estimate of drug-likeness (QED) is 0.617. The monoisotopic (exact) mass is 422 g/mol. The molecule has 0 aromatic heterocycles. The van der Waals surface area contributed by atoms with E-state index in [4.69, 9.17) is 32.7 Å². The summed E-state index contributed by atoms with van der Waals surface area (Å²) in [4.78, 5) is 4.95. The molecule has 0 amide bonds. The number of methoxy groups -OCH3 is 2. The fourth-order valence-electron chi connectivity index (χ4n) is 4.13. The second kappa shape index (κ2) is 9.36. The third-order valence-electron chi connectivity index (χ3n) is 5.63. The van der Waals surface area contributed by atoms with E-state index < -0.39 is 0 Å². The fourth-order valence-corrected chi connectivity index (χ4v) is 4.69. The highest BCUT2D eigenvalue weighted by atomic mass is 35.5. The predicted octanol–water partition coefficient (Wildman–Crippen LogP) is 5.45. The van der Waals surface area contributed by atoms with E-state index in [0.29, 0.717) is 0 Å². The van der Waals surface area contributed by atoms with Crippen LogP contribution < -0.4 is 9.47 Å². The van der Waals surface area contributed by atoms with Crippen LogP contribution in [0.3, 0.4) is 0 Å². The number of halogens is 2. The molecule has 0 unspecified atom stereocenters. The van der Waals surface area contributed by atoms with Crippen molar-refractivity contribution in [3.05, 3.63) is 57.6 Å². The summed E-state index contributed by atoms with van der Waals surface area (Å²) in [6.45, 7) is 8.24. The molecule has 2 aromatic carbocycles. The highest BCUT2D eigenvalue weighted by Gasteiger charge is 2.39. The molecule has 0 spiro atoms. The molecule has 1 saturated heterocycles. The summed E-state index contributed by atoms with van der Waals surface area (Å²) in [5.74, 6) is 1.53. The fraction of sp³-hybridized carbons (Fsp3) is 0.455. The standard InChI is InChI=1S/C22H28Cl2N2O2/c1-5-25-11-12-26(6-2)22(18-10-8-16(28-4)14-20(18)24)21(25)17-9-7-15(27-3)13-19(17)23/h7-10,13-14,21-22H,5-6,11-12H2,1-4H3/t21-,22+. The Kier molecular flexibility index (Phi) is 7.10. The summed E-state index contributed by atoms with van der Waals surface area (Å²) in [5, 5.41) is 1.44. The molecule has 28 heavy (non-hydrogen) atoms. The average Bonchev–Trinajstić information content (AvgIpc) is 2.72. The topological polar surface area (TPSA) is 24.9 Å². The first-order valence-corrected chi connectivity index (χ1v) is 10.4. The number of hydrogen-bond acceptors (Lipinski definition) is 4. The molecule has 152 valence electrons. The van der Waals surface area contributed by atoms with Crippen LogP contribution in [0.25, 0.3) is 0 Å². The van der Waals surface area contributed by atoms with Crippen LogP contribution in [0, 0.1) is 0 Å². The van der Waals surface area contributed by atoms with Crippen molar-refractivity contribution in [1.82, 2.24) is 9.80 Å². The molecule has 1 aliphatic rings. The Hall–Kier alpha value is -1.46. The summed E-state index contributed by atoms with van der Waals surface area (Å²) in [6, 6.07) is 12.1.